The zero-order chi connectivity index (χ0) is 19.8. The largest absolute Gasteiger partial charge is 0.481 e. The molecular weight excluding hydrogens is 354 g/mol. The lowest BCUT2D eigenvalue weighted by molar-refractivity contribution is -0.118. The van der Waals surface area contributed by atoms with Crippen LogP contribution in [0.2, 0.25) is 0 Å². The average Bonchev–Trinajstić information content (AvgIpc) is 3.01. The SMILES string of the molecule is CCN(CC)CCn1c2ccc(C(C)O)cc2c2c3c(ccc21)NC(=O)CO3. The maximum absolute atomic E-state index is 11.7. The Morgan fingerprint density at radius 2 is 1.96 bits per heavy atom. The minimum Gasteiger partial charge on any atom is -0.481 e. The molecule has 0 fully saturated rings. The van der Waals surface area contributed by atoms with Crippen molar-refractivity contribution in [3.8, 4) is 5.75 Å². The second-order valence-corrected chi connectivity index (χ2v) is 7.30. The van der Waals surface area contributed by atoms with E-state index in [2.05, 4.69) is 34.7 Å². The Hall–Kier alpha value is -2.57. The summed E-state index contributed by atoms with van der Waals surface area (Å²) in [5.74, 6) is 0.577. The lowest BCUT2D eigenvalue weighted by atomic mass is 10.0. The van der Waals surface area contributed by atoms with Crippen LogP contribution in [0.15, 0.2) is 30.3 Å². The monoisotopic (exact) mass is 381 g/mol. The van der Waals surface area contributed by atoms with Crippen LogP contribution in [-0.4, -0.2) is 46.7 Å². The van der Waals surface area contributed by atoms with Gasteiger partial charge in [0, 0.05) is 24.0 Å². The fourth-order valence-electron chi connectivity index (χ4n) is 4.03. The number of carbonyl (C=O) groups is 1. The van der Waals surface area contributed by atoms with Gasteiger partial charge in [0.1, 0.15) is 0 Å². The summed E-state index contributed by atoms with van der Waals surface area (Å²) in [5.41, 5.74) is 3.77. The van der Waals surface area contributed by atoms with E-state index in [1.165, 1.54) is 0 Å². The molecule has 3 aromatic rings. The summed E-state index contributed by atoms with van der Waals surface area (Å²) < 4.78 is 8.15. The Labute approximate surface area is 164 Å². The quantitative estimate of drug-likeness (QED) is 0.686. The molecule has 2 heterocycles. The molecule has 1 atom stereocenters. The molecule has 2 N–H and O–H groups in total. The molecule has 1 unspecified atom stereocenters. The summed E-state index contributed by atoms with van der Waals surface area (Å²) in [7, 11) is 0. The standard InChI is InChI=1S/C22H27N3O3/c1-4-24(5-2)10-11-25-18-8-6-15(14(3)26)12-16(18)21-19(25)9-7-17-22(21)28-13-20(27)23-17/h6-9,12,14,26H,4-5,10-11,13H2,1-3H3,(H,23,27). The van der Waals surface area contributed by atoms with Crippen LogP contribution >= 0.6 is 0 Å². The van der Waals surface area contributed by atoms with Crippen molar-refractivity contribution in [1.29, 1.82) is 0 Å². The second kappa shape index (κ2) is 7.45. The Morgan fingerprint density at radius 1 is 1.21 bits per heavy atom. The van der Waals surface area contributed by atoms with E-state index in [-0.39, 0.29) is 12.5 Å². The zero-order valence-corrected chi connectivity index (χ0v) is 16.7. The predicted molar refractivity (Wildman–Crippen MR) is 112 cm³/mol. The molecule has 2 aromatic carbocycles. The van der Waals surface area contributed by atoms with E-state index in [0.717, 1.165) is 53.5 Å². The van der Waals surface area contributed by atoms with Crippen molar-refractivity contribution in [2.24, 2.45) is 0 Å². The van der Waals surface area contributed by atoms with Gasteiger partial charge in [0.05, 0.1) is 22.7 Å². The molecule has 1 aliphatic rings. The van der Waals surface area contributed by atoms with Gasteiger partial charge in [0.15, 0.2) is 12.4 Å². The van der Waals surface area contributed by atoms with Gasteiger partial charge in [-0.3, -0.25) is 4.79 Å². The summed E-state index contributed by atoms with van der Waals surface area (Å²) >= 11 is 0. The number of rotatable bonds is 6. The lowest BCUT2D eigenvalue weighted by Gasteiger charge is -2.20. The topological polar surface area (TPSA) is 66.7 Å². The maximum atomic E-state index is 11.7. The Morgan fingerprint density at radius 3 is 2.68 bits per heavy atom. The molecule has 4 rings (SSSR count). The first-order chi connectivity index (χ1) is 13.5. The third kappa shape index (κ3) is 3.12. The molecule has 0 spiro atoms. The first kappa shape index (κ1) is 18.8. The van der Waals surface area contributed by atoms with Gasteiger partial charge in [0.2, 0.25) is 0 Å². The van der Waals surface area contributed by atoms with Crippen LogP contribution in [0.1, 0.15) is 32.4 Å². The molecule has 0 radical (unpaired) electrons. The molecule has 6 nitrogen and oxygen atoms in total. The molecule has 6 heteroatoms. The van der Waals surface area contributed by atoms with Crippen LogP contribution in [0, 0.1) is 0 Å². The average molecular weight is 381 g/mol. The van der Waals surface area contributed by atoms with Gasteiger partial charge in [-0.15, -0.1) is 0 Å². The molecule has 0 bridgehead atoms. The first-order valence-corrected chi connectivity index (χ1v) is 9.95. The van der Waals surface area contributed by atoms with Gasteiger partial charge in [-0.1, -0.05) is 19.9 Å². The number of hydrogen-bond donors (Lipinski definition) is 2. The molecule has 0 saturated heterocycles. The van der Waals surface area contributed by atoms with Crippen molar-refractivity contribution in [2.45, 2.75) is 33.4 Å². The molecular formula is C22H27N3O3. The zero-order valence-electron chi connectivity index (χ0n) is 16.7. The van der Waals surface area contributed by atoms with Crippen LogP contribution in [-0.2, 0) is 11.3 Å². The fourth-order valence-corrected chi connectivity index (χ4v) is 4.03. The van der Waals surface area contributed by atoms with Gasteiger partial charge in [-0.05, 0) is 49.8 Å². The van der Waals surface area contributed by atoms with Crippen molar-refractivity contribution in [2.75, 3.05) is 31.6 Å². The highest BCUT2D eigenvalue weighted by Crippen LogP contribution is 2.42. The number of anilines is 1. The summed E-state index contributed by atoms with van der Waals surface area (Å²) in [6.45, 7) is 10.0. The number of aromatic nitrogens is 1. The molecule has 1 aliphatic heterocycles. The van der Waals surface area contributed by atoms with E-state index in [9.17, 15) is 9.90 Å². The van der Waals surface area contributed by atoms with Gasteiger partial charge >= 0.3 is 0 Å². The number of carbonyl (C=O) groups excluding carboxylic acids is 1. The van der Waals surface area contributed by atoms with Gasteiger partial charge in [-0.25, -0.2) is 0 Å². The van der Waals surface area contributed by atoms with Crippen LogP contribution in [0.25, 0.3) is 21.8 Å². The van der Waals surface area contributed by atoms with E-state index in [4.69, 9.17) is 4.74 Å². The molecule has 28 heavy (non-hydrogen) atoms. The Balaban J connectivity index is 1.93. The summed E-state index contributed by atoms with van der Waals surface area (Å²) in [5, 5.41) is 15.0. The number of likely N-dealkylation sites (N-methyl/N-ethyl adjacent to an activating group) is 1. The minimum absolute atomic E-state index is 0.0222. The molecule has 0 saturated carbocycles. The summed E-state index contributed by atoms with van der Waals surface area (Å²) in [6, 6.07) is 10.1. The maximum Gasteiger partial charge on any atom is 0.262 e. The second-order valence-electron chi connectivity index (χ2n) is 7.30. The van der Waals surface area contributed by atoms with Crippen molar-refractivity contribution in [3.63, 3.8) is 0 Å². The van der Waals surface area contributed by atoms with Crippen molar-refractivity contribution < 1.29 is 14.6 Å². The first-order valence-electron chi connectivity index (χ1n) is 9.95. The Kier molecular flexibility index (Phi) is 5.00. The van der Waals surface area contributed by atoms with Crippen LogP contribution in [0.4, 0.5) is 5.69 Å². The lowest BCUT2D eigenvalue weighted by Crippen LogP contribution is -2.27. The number of benzene rings is 2. The smallest absolute Gasteiger partial charge is 0.262 e. The summed E-state index contributed by atoms with van der Waals surface area (Å²) in [4.78, 5) is 14.1. The third-order valence-electron chi connectivity index (χ3n) is 5.65. The number of hydrogen-bond acceptors (Lipinski definition) is 4. The van der Waals surface area contributed by atoms with Gasteiger partial charge in [0.25, 0.3) is 5.91 Å². The number of ether oxygens (including phenoxy) is 1. The number of aliphatic hydroxyl groups excluding tert-OH is 1. The predicted octanol–water partition coefficient (Wildman–Crippen LogP) is 3.52. The molecule has 148 valence electrons. The van der Waals surface area contributed by atoms with Crippen LogP contribution in [0.5, 0.6) is 5.75 Å². The highest BCUT2D eigenvalue weighted by Gasteiger charge is 2.23. The molecule has 1 amide bonds. The summed E-state index contributed by atoms with van der Waals surface area (Å²) in [6.07, 6.45) is -0.543. The van der Waals surface area contributed by atoms with E-state index >= 15 is 0 Å². The van der Waals surface area contributed by atoms with E-state index in [1.54, 1.807) is 6.92 Å². The molecule has 0 aliphatic carbocycles. The molecule has 1 aromatic heterocycles. The van der Waals surface area contributed by atoms with Gasteiger partial charge in [-0.2, -0.15) is 0 Å². The van der Waals surface area contributed by atoms with Crippen LogP contribution in [0.3, 0.4) is 0 Å². The van der Waals surface area contributed by atoms with E-state index in [0.29, 0.717) is 11.4 Å². The highest BCUT2D eigenvalue weighted by molar-refractivity contribution is 6.15. The van der Waals surface area contributed by atoms with Crippen LogP contribution < -0.4 is 10.1 Å². The van der Waals surface area contributed by atoms with Crippen molar-refractivity contribution >= 4 is 33.4 Å². The van der Waals surface area contributed by atoms with E-state index in [1.807, 2.05) is 24.3 Å². The fraction of sp³-hybridized carbons (Fsp3) is 0.409. The number of nitrogens with zero attached hydrogens (tertiary/aromatic N) is 2. The van der Waals surface area contributed by atoms with Crippen molar-refractivity contribution in [3.05, 3.63) is 35.9 Å². The highest BCUT2D eigenvalue weighted by atomic mass is 16.5. The number of amides is 1. The third-order valence-corrected chi connectivity index (χ3v) is 5.65. The van der Waals surface area contributed by atoms with Gasteiger partial charge < -0.3 is 24.6 Å². The van der Waals surface area contributed by atoms with Crippen molar-refractivity contribution in [1.82, 2.24) is 9.47 Å². The normalized spacial score (nSPS) is 15.0. The Bertz CT molecular complexity index is 1030. The number of aliphatic hydroxyl groups is 1. The number of fused-ring (bicyclic) bond motifs is 5. The number of nitrogens with one attached hydrogen (secondary N) is 1. The minimum atomic E-state index is -0.543. The van der Waals surface area contributed by atoms with E-state index < -0.39 is 6.10 Å².